The summed E-state index contributed by atoms with van der Waals surface area (Å²) in [6.07, 6.45) is -8.00. The number of hydrogen-bond donors (Lipinski definition) is 2. The number of Topliss-reactive ketones (excluding diaryl/α,β-unsaturated/α-hetero) is 1. The number of alkyl halides is 3. The van der Waals surface area contributed by atoms with E-state index in [1.807, 2.05) is 0 Å². The van der Waals surface area contributed by atoms with Crippen molar-refractivity contribution >= 4 is 29.0 Å². The molecule has 0 saturated carbocycles. The third kappa shape index (κ3) is 6.13. The minimum absolute atomic E-state index is 0.168. The van der Waals surface area contributed by atoms with Crippen LogP contribution >= 0.6 is 23.2 Å². The summed E-state index contributed by atoms with van der Waals surface area (Å²) < 4.78 is 40.4. The Morgan fingerprint density at radius 1 is 1.11 bits per heavy atom. The molecular formula is C23H22Cl2F3N3O4. The second-order valence-corrected chi connectivity index (χ2v) is 9.20. The highest BCUT2D eigenvalue weighted by Crippen LogP contribution is 2.33. The van der Waals surface area contributed by atoms with Gasteiger partial charge in [0.05, 0.1) is 13.2 Å². The van der Waals surface area contributed by atoms with E-state index in [9.17, 15) is 33.0 Å². The molecule has 35 heavy (non-hydrogen) atoms. The van der Waals surface area contributed by atoms with Gasteiger partial charge in [-0.2, -0.15) is 13.2 Å². The van der Waals surface area contributed by atoms with E-state index < -0.39 is 48.9 Å². The predicted octanol–water partition coefficient (Wildman–Crippen LogP) is 3.85. The maximum absolute atomic E-state index is 13.0. The van der Waals surface area contributed by atoms with Crippen LogP contribution in [0.15, 0.2) is 53.3 Å². The highest BCUT2D eigenvalue weighted by atomic mass is 35.5. The van der Waals surface area contributed by atoms with Crippen molar-refractivity contribution in [2.24, 2.45) is 0 Å². The Morgan fingerprint density at radius 3 is 2.31 bits per heavy atom. The molecule has 0 radical (unpaired) electrons. The molecule has 0 aliphatic rings. The second-order valence-electron chi connectivity index (χ2n) is 8.35. The SMILES string of the molecule is C[C@@](CO)(CC(=O)Cn1nc(-c2ccc(Cl)cc2)n(C[C@H](O)C(F)(F)F)c1=O)c1ccccc1Cl. The summed E-state index contributed by atoms with van der Waals surface area (Å²) in [5.74, 6) is -0.675. The van der Waals surface area contributed by atoms with Crippen molar-refractivity contribution < 1.29 is 28.2 Å². The molecule has 3 aromatic rings. The van der Waals surface area contributed by atoms with Gasteiger partial charge >= 0.3 is 11.9 Å². The molecule has 0 spiro atoms. The van der Waals surface area contributed by atoms with E-state index in [1.54, 1.807) is 31.2 Å². The lowest BCUT2D eigenvalue weighted by Gasteiger charge is -2.28. The zero-order chi connectivity index (χ0) is 26.0. The van der Waals surface area contributed by atoms with E-state index in [1.165, 1.54) is 24.3 Å². The first-order valence-corrected chi connectivity index (χ1v) is 11.2. The molecule has 2 N–H and O–H groups in total. The number of rotatable bonds is 9. The third-order valence-electron chi connectivity index (χ3n) is 5.55. The van der Waals surface area contributed by atoms with Gasteiger partial charge in [-0.25, -0.2) is 9.48 Å². The van der Waals surface area contributed by atoms with Crippen LogP contribution in [0.2, 0.25) is 10.0 Å². The lowest BCUT2D eigenvalue weighted by atomic mass is 9.79. The molecule has 0 bridgehead atoms. The van der Waals surface area contributed by atoms with Crippen LogP contribution in [-0.2, 0) is 23.3 Å². The Morgan fingerprint density at radius 2 is 1.74 bits per heavy atom. The molecule has 2 atom stereocenters. The molecule has 1 aromatic heterocycles. The van der Waals surface area contributed by atoms with Gasteiger partial charge in [-0.15, -0.1) is 5.10 Å². The van der Waals surface area contributed by atoms with Gasteiger partial charge in [0, 0.05) is 27.4 Å². The normalized spacial score (nSPS) is 14.5. The first-order chi connectivity index (χ1) is 16.4. The molecule has 7 nitrogen and oxygen atoms in total. The average Bonchev–Trinajstić information content (AvgIpc) is 3.08. The Labute approximate surface area is 208 Å². The van der Waals surface area contributed by atoms with Crippen LogP contribution in [0.1, 0.15) is 18.9 Å². The Balaban J connectivity index is 1.95. The quantitative estimate of drug-likeness (QED) is 0.437. The topological polar surface area (TPSA) is 97.3 Å². The number of nitrogens with zero attached hydrogens (tertiary/aromatic N) is 3. The Kier molecular flexibility index (Phi) is 8.10. The summed E-state index contributed by atoms with van der Waals surface area (Å²) in [6, 6.07) is 12.5. The number of aromatic nitrogens is 3. The maximum Gasteiger partial charge on any atom is 0.416 e. The van der Waals surface area contributed by atoms with E-state index in [0.717, 1.165) is 4.68 Å². The van der Waals surface area contributed by atoms with E-state index in [0.29, 0.717) is 20.2 Å². The monoisotopic (exact) mass is 531 g/mol. The number of carbonyl (C=O) groups excluding carboxylic acids is 1. The van der Waals surface area contributed by atoms with Gasteiger partial charge in [-0.3, -0.25) is 9.36 Å². The largest absolute Gasteiger partial charge is 0.416 e. The number of hydrogen-bond acceptors (Lipinski definition) is 5. The summed E-state index contributed by atoms with van der Waals surface area (Å²) >= 11 is 12.1. The van der Waals surface area contributed by atoms with Crippen LogP contribution in [-0.4, -0.2) is 49.2 Å². The standard InChI is InChI=1S/C23H22Cl2F3N3O4/c1-22(13-32,17-4-2-3-5-18(17)25)10-16(33)11-31-21(35)30(12-19(34)23(26,27)28)20(29-31)14-6-8-15(24)9-7-14/h2-9,19,32,34H,10-13H2,1H3/t19-,22-/m0/s1. The van der Waals surface area contributed by atoms with Crippen molar-refractivity contribution in [2.45, 2.75) is 44.1 Å². The minimum atomic E-state index is -4.97. The van der Waals surface area contributed by atoms with Gasteiger partial charge < -0.3 is 10.2 Å². The number of ketones is 1. The van der Waals surface area contributed by atoms with Gasteiger partial charge in [-0.1, -0.05) is 48.3 Å². The molecule has 0 amide bonds. The third-order valence-corrected chi connectivity index (χ3v) is 6.13. The molecule has 12 heteroatoms. The van der Waals surface area contributed by atoms with Crippen LogP contribution in [0.25, 0.3) is 11.4 Å². The summed E-state index contributed by atoms with van der Waals surface area (Å²) in [5.41, 5.74) is -1.27. The summed E-state index contributed by atoms with van der Waals surface area (Å²) in [5, 5.41) is 24.3. The van der Waals surface area contributed by atoms with Gasteiger partial charge in [-0.05, 0) is 35.9 Å². The second kappa shape index (κ2) is 10.5. The van der Waals surface area contributed by atoms with E-state index in [4.69, 9.17) is 23.2 Å². The fourth-order valence-electron chi connectivity index (χ4n) is 3.64. The van der Waals surface area contributed by atoms with Gasteiger partial charge in [0.2, 0.25) is 0 Å². The molecular weight excluding hydrogens is 510 g/mol. The number of benzene rings is 2. The van der Waals surface area contributed by atoms with Crippen molar-refractivity contribution in [3.63, 3.8) is 0 Å². The molecule has 0 aliphatic heterocycles. The molecule has 188 valence electrons. The highest BCUT2D eigenvalue weighted by molar-refractivity contribution is 6.31. The van der Waals surface area contributed by atoms with Crippen molar-refractivity contribution in [2.75, 3.05) is 6.61 Å². The van der Waals surface area contributed by atoms with E-state index in [2.05, 4.69) is 5.10 Å². The number of aliphatic hydroxyl groups excluding tert-OH is 2. The van der Waals surface area contributed by atoms with Crippen molar-refractivity contribution in [1.82, 2.24) is 14.3 Å². The first kappa shape index (κ1) is 26.9. The molecule has 2 aromatic carbocycles. The lowest BCUT2D eigenvalue weighted by Crippen LogP contribution is -2.38. The fourth-order valence-corrected chi connectivity index (χ4v) is 4.13. The van der Waals surface area contributed by atoms with Gasteiger partial charge in [0.1, 0.15) is 6.54 Å². The smallest absolute Gasteiger partial charge is 0.395 e. The summed E-state index contributed by atoms with van der Waals surface area (Å²) in [6.45, 7) is -0.455. The van der Waals surface area contributed by atoms with Crippen molar-refractivity contribution in [3.8, 4) is 11.4 Å². The van der Waals surface area contributed by atoms with Crippen LogP contribution < -0.4 is 5.69 Å². The number of halogens is 5. The lowest BCUT2D eigenvalue weighted by molar-refractivity contribution is -0.207. The van der Waals surface area contributed by atoms with E-state index in [-0.39, 0.29) is 17.8 Å². The van der Waals surface area contributed by atoms with Gasteiger partial charge in [0.15, 0.2) is 17.7 Å². The van der Waals surface area contributed by atoms with Gasteiger partial charge in [0.25, 0.3) is 0 Å². The molecule has 0 saturated heterocycles. The van der Waals surface area contributed by atoms with Crippen LogP contribution in [0.4, 0.5) is 13.2 Å². The van der Waals surface area contributed by atoms with Crippen LogP contribution in [0, 0.1) is 0 Å². The number of carbonyl (C=O) groups is 1. The predicted molar refractivity (Wildman–Crippen MR) is 125 cm³/mol. The summed E-state index contributed by atoms with van der Waals surface area (Å²) in [4.78, 5) is 25.8. The minimum Gasteiger partial charge on any atom is -0.395 e. The molecule has 3 rings (SSSR count). The molecule has 1 heterocycles. The fraction of sp³-hybridized carbons (Fsp3) is 0.348. The average molecular weight is 532 g/mol. The molecule has 0 unspecified atom stereocenters. The number of aliphatic hydroxyl groups is 2. The maximum atomic E-state index is 13.0. The molecule has 0 aliphatic carbocycles. The first-order valence-electron chi connectivity index (χ1n) is 10.4. The Hall–Kier alpha value is -2.66. The zero-order valence-corrected chi connectivity index (χ0v) is 20.0. The molecule has 0 fully saturated rings. The summed E-state index contributed by atoms with van der Waals surface area (Å²) in [7, 11) is 0. The van der Waals surface area contributed by atoms with Crippen LogP contribution in [0.3, 0.4) is 0 Å². The Bertz CT molecular complexity index is 1260. The van der Waals surface area contributed by atoms with Crippen LogP contribution in [0.5, 0.6) is 0 Å². The zero-order valence-electron chi connectivity index (χ0n) is 18.5. The van der Waals surface area contributed by atoms with Crippen molar-refractivity contribution in [1.29, 1.82) is 0 Å². The van der Waals surface area contributed by atoms with Crippen molar-refractivity contribution in [3.05, 3.63) is 74.6 Å². The highest BCUT2D eigenvalue weighted by Gasteiger charge is 2.39. The van der Waals surface area contributed by atoms with E-state index >= 15 is 0 Å².